The monoisotopic (exact) mass is 207 g/mol. The van der Waals surface area contributed by atoms with Crippen molar-refractivity contribution in [2.45, 2.75) is 24.9 Å². The molecule has 0 aromatic carbocycles. The van der Waals surface area contributed by atoms with Gasteiger partial charge in [-0.25, -0.2) is 9.37 Å². The Morgan fingerprint density at radius 1 is 1.27 bits per heavy atom. The highest BCUT2D eigenvalue weighted by Gasteiger charge is 2.32. The summed E-state index contributed by atoms with van der Waals surface area (Å²) in [6.07, 6.45) is 3.80. The van der Waals surface area contributed by atoms with Crippen molar-refractivity contribution >= 4 is 5.82 Å². The van der Waals surface area contributed by atoms with Crippen LogP contribution in [-0.4, -0.2) is 30.2 Å². The minimum atomic E-state index is -0.267. The van der Waals surface area contributed by atoms with Crippen molar-refractivity contribution in [2.24, 2.45) is 0 Å². The molecule has 80 valence electrons. The van der Waals surface area contributed by atoms with E-state index < -0.39 is 0 Å². The van der Waals surface area contributed by atoms with E-state index in [2.05, 4.69) is 15.2 Å². The van der Waals surface area contributed by atoms with Crippen molar-refractivity contribution in [3.8, 4) is 0 Å². The number of rotatable bonds is 1. The maximum atomic E-state index is 12.7. The number of piperazine rings is 1. The molecule has 1 N–H and O–H groups in total. The van der Waals surface area contributed by atoms with Crippen LogP contribution in [0.5, 0.6) is 0 Å². The summed E-state index contributed by atoms with van der Waals surface area (Å²) in [5.74, 6) is 0.631. The van der Waals surface area contributed by atoms with Crippen LogP contribution in [0.15, 0.2) is 18.3 Å². The van der Waals surface area contributed by atoms with Crippen molar-refractivity contribution in [1.29, 1.82) is 0 Å². The number of fused-ring (bicyclic) bond motifs is 2. The van der Waals surface area contributed by atoms with E-state index in [1.54, 1.807) is 6.07 Å². The quantitative estimate of drug-likeness (QED) is 0.749. The lowest BCUT2D eigenvalue weighted by atomic mass is 10.2. The molecule has 0 saturated carbocycles. The topological polar surface area (TPSA) is 28.2 Å². The van der Waals surface area contributed by atoms with Crippen molar-refractivity contribution in [2.75, 3.05) is 18.0 Å². The number of nitrogens with zero attached hydrogens (tertiary/aromatic N) is 2. The number of aromatic nitrogens is 1. The summed E-state index contributed by atoms with van der Waals surface area (Å²) in [5, 5.41) is 3.56. The van der Waals surface area contributed by atoms with Gasteiger partial charge in [-0.3, -0.25) is 0 Å². The highest BCUT2D eigenvalue weighted by molar-refractivity contribution is 5.39. The molecule has 3 nitrogen and oxygen atoms in total. The van der Waals surface area contributed by atoms with Crippen LogP contribution in [0.25, 0.3) is 0 Å². The van der Waals surface area contributed by atoms with E-state index in [1.807, 2.05) is 0 Å². The molecule has 15 heavy (non-hydrogen) atoms. The summed E-state index contributed by atoms with van der Waals surface area (Å²) in [5.41, 5.74) is 0. The Morgan fingerprint density at radius 3 is 2.60 bits per heavy atom. The molecule has 1 aromatic heterocycles. The smallest absolute Gasteiger partial charge is 0.141 e. The van der Waals surface area contributed by atoms with Crippen molar-refractivity contribution in [3.05, 3.63) is 24.1 Å². The maximum Gasteiger partial charge on any atom is 0.141 e. The second-order valence-corrected chi connectivity index (χ2v) is 4.38. The zero-order chi connectivity index (χ0) is 10.3. The van der Waals surface area contributed by atoms with Gasteiger partial charge in [-0.1, -0.05) is 0 Å². The van der Waals surface area contributed by atoms with E-state index in [4.69, 9.17) is 0 Å². The van der Waals surface area contributed by atoms with E-state index >= 15 is 0 Å². The van der Waals surface area contributed by atoms with Crippen LogP contribution < -0.4 is 10.2 Å². The van der Waals surface area contributed by atoms with Gasteiger partial charge >= 0.3 is 0 Å². The maximum absolute atomic E-state index is 12.7. The fourth-order valence-electron chi connectivity index (χ4n) is 2.54. The van der Waals surface area contributed by atoms with Crippen LogP contribution in [0.2, 0.25) is 0 Å². The summed E-state index contributed by atoms with van der Waals surface area (Å²) in [7, 11) is 0. The zero-order valence-corrected chi connectivity index (χ0v) is 8.49. The van der Waals surface area contributed by atoms with E-state index in [1.165, 1.54) is 25.1 Å². The third kappa shape index (κ3) is 1.69. The molecule has 2 saturated heterocycles. The largest absolute Gasteiger partial charge is 0.353 e. The number of hydrogen-bond acceptors (Lipinski definition) is 3. The Hall–Kier alpha value is -1.16. The van der Waals surface area contributed by atoms with Crippen LogP contribution in [0.4, 0.5) is 10.2 Å². The summed E-state index contributed by atoms with van der Waals surface area (Å²) < 4.78 is 12.7. The van der Waals surface area contributed by atoms with Gasteiger partial charge in [-0.2, -0.15) is 0 Å². The Kier molecular flexibility index (Phi) is 2.09. The molecular weight excluding hydrogens is 193 g/mol. The molecule has 0 spiro atoms. The number of halogens is 1. The van der Waals surface area contributed by atoms with Crippen molar-refractivity contribution < 1.29 is 4.39 Å². The van der Waals surface area contributed by atoms with Gasteiger partial charge in [-0.05, 0) is 25.0 Å². The van der Waals surface area contributed by atoms with Gasteiger partial charge in [0.2, 0.25) is 0 Å². The lowest BCUT2D eigenvalue weighted by molar-refractivity contribution is 0.463. The SMILES string of the molecule is Fc1ccc(N2CC3CCC(C2)N3)nc1. The molecule has 2 aliphatic rings. The molecule has 0 amide bonds. The summed E-state index contributed by atoms with van der Waals surface area (Å²) >= 11 is 0. The molecule has 2 atom stereocenters. The number of hydrogen-bond donors (Lipinski definition) is 1. The normalized spacial score (nSPS) is 29.5. The predicted molar refractivity (Wildman–Crippen MR) is 56.4 cm³/mol. The molecule has 2 fully saturated rings. The first-order chi connectivity index (χ1) is 7.31. The Balaban J connectivity index is 1.80. The molecule has 2 unspecified atom stereocenters. The van der Waals surface area contributed by atoms with Gasteiger partial charge in [-0.15, -0.1) is 0 Å². The van der Waals surface area contributed by atoms with Gasteiger partial charge in [0, 0.05) is 25.2 Å². The lowest BCUT2D eigenvalue weighted by Gasteiger charge is -2.33. The minimum absolute atomic E-state index is 0.267. The van der Waals surface area contributed by atoms with Crippen molar-refractivity contribution in [1.82, 2.24) is 10.3 Å². The van der Waals surface area contributed by atoms with Crippen LogP contribution >= 0.6 is 0 Å². The van der Waals surface area contributed by atoms with Gasteiger partial charge in [0.1, 0.15) is 11.6 Å². The fourth-order valence-corrected chi connectivity index (χ4v) is 2.54. The predicted octanol–water partition coefficient (Wildman–Crippen LogP) is 1.16. The van der Waals surface area contributed by atoms with Crippen LogP contribution in [0.1, 0.15) is 12.8 Å². The molecule has 2 bridgehead atoms. The average molecular weight is 207 g/mol. The number of nitrogens with one attached hydrogen (secondary N) is 1. The van der Waals surface area contributed by atoms with Gasteiger partial charge in [0.15, 0.2) is 0 Å². The first-order valence-electron chi connectivity index (χ1n) is 5.44. The standard InChI is InChI=1S/C11H14FN3/c12-8-1-4-11(13-5-8)15-6-9-2-3-10(7-15)14-9/h1,4-5,9-10,14H,2-3,6-7H2. The zero-order valence-electron chi connectivity index (χ0n) is 8.49. The first-order valence-corrected chi connectivity index (χ1v) is 5.44. The second kappa shape index (κ2) is 3.45. The summed E-state index contributed by atoms with van der Waals surface area (Å²) in [6, 6.07) is 4.43. The van der Waals surface area contributed by atoms with E-state index in [0.29, 0.717) is 12.1 Å². The molecule has 3 rings (SSSR count). The summed E-state index contributed by atoms with van der Waals surface area (Å²) in [4.78, 5) is 6.37. The van der Waals surface area contributed by atoms with E-state index in [0.717, 1.165) is 18.9 Å². The Bertz CT molecular complexity index is 339. The summed E-state index contributed by atoms with van der Waals surface area (Å²) in [6.45, 7) is 1.99. The molecule has 0 aliphatic carbocycles. The fraction of sp³-hybridized carbons (Fsp3) is 0.545. The molecule has 0 radical (unpaired) electrons. The van der Waals surface area contributed by atoms with E-state index in [-0.39, 0.29) is 5.82 Å². The molecule has 3 heterocycles. The molecule has 2 aliphatic heterocycles. The number of anilines is 1. The van der Waals surface area contributed by atoms with Crippen LogP contribution in [-0.2, 0) is 0 Å². The second-order valence-electron chi connectivity index (χ2n) is 4.38. The Morgan fingerprint density at radius 2 is 2.00 bits per heavy atom. The highest BCUT2D eigenvalue weighted by Crippen LogP contribution is 2.23. The molecule has 4 heteroatoms. The number of pyridine rings is 1. The van der Waals surface area contributed by atoms with Gasteiger partial charge < -0.3 is 10.2 Å². The van der Waals surface area contributed by atoms with E-state index in [9.17, 15) is 4.39 Å². The average Bonchev–Trinajstić information content (AvgIpc) is 2.59. The van der Waals surface area contributed by atoms with Crippen LogP contribution in [0.3, 0.4) is 0 Å². The third-order valence-corrected chi connectivity index (χ3v) is 3.25. The third-order valence-electron chi connectivity index (χ3n) is 3.25. The first kappa shape index (κ1) is 9.09. The van der Waals surface area contributed by atoms with Crippen LogP contribution in [0, 0.1) is 5.82 Å². The molecule has 1 aromatic rings. The Labute approximate surface area is 88.3 Å². The van der Waals surface area contributed by atoms with Gasteiger partial charge in [0.05, 0.1) is 6.20 Å². The molecular formula is C11H14FN3. The minimum Gasteiger partial charge on any atom is -0.353 e. The highest BCUT2D eigenvalue weighted by atomic mass is 19.1. The lowest BCUT2D eigenvalue weighted by Crippen LogP contribution is -2.51. The van der Waals surface area contributed by atoms with Gasteiger partial charge in [0.25, 0.3) is 0 Å². The van der Waals surface area contributed by atoms with Crippen molar-refractivity contribution in [3.63, 3.8) is 0 Å².